The molecule has 0 aliphatic carbocycles. The van der Waals surface area contributed by atoms with E-state index in [2.05, 4.69) is 0 Å². The van der Waals surface area contributed by atoms with E-state index in [0.29, 0.717) is 0 Å². The van der Waals surface area contributed by atoms with E-state index in [0.717, 1.165) is 0 Å². The second kappa shape index (κ2) is 5.48. The van der Waals surface area contributed by atoms with Crippen LogP contribution in [-0.4, -0.2) is 42.9 Å². The zero-order valence-corrected chi connectivity index (χ0v) is 8.04. The Kier molecular flexibility index (Phi) is 5.41. The molecule has 5 heteroatoms. The lowest BCUT2D eigenvalue weighted by Gasteiger charge is -2.22. The molecule has 0 radical (unpaired) electrons. The Morgan fingerprint density at radius 3 is 2.08 bits per heavy atom. The summed E-state index contributed by atoms with van der Waals surface area (Å²) in [5.41, 5.74) is 0. The first kappa shape index (κ1) is 11.8. The lowest BCUT2D eigenvalue weighted by Crippen LogP contribution is -2.40. The molecule has 72 valence electrons. The van der Waals surface area contributed by atoms with E-state index >= 15 is 0 Å². The van der Waals surface area contributed by atoms with Gasteiger partial charge >= 0.3 is 0 Å². The molecule has 0 bridgehead atoms. The summed E-state index contributed by atoms with van der Waals surface area (Å²) >= 11 is 5.56. The van der Waals surface area contributed by atoms with E-state index < -0.39 is 17.8 Å². The van der Waals surface area contributed by atoms with Crippen molar-refractivity contribution in [2.24, 2.45) is 0 Å². The summed E-state index contributed by atoms with van der Waals surface area (Å²) in [6.07, 6.45) is -2.00. The average molecular weight is 197 g/mol. The van der Waals surface area contributed by atoms with Gasteiger partial charge in [0.1, 0.15) is 17.3 Å². The number of carbonyl (C=O) groups is 1. The standard InChI is InChI=1S/C7H13ClO4/c1-4(9)5(8)6(10)7(11-2)12-3/h5-7,10H,1-3H3/t5-,6-/m1/s1. The third-order valence-electron chi connectivity index (χ3n) is 1.43. The highest BCUT2D eigenvalue weighted by atomic mass is 35.5. The molecule has 0 heterocycles. The largest absolute Gasteiger partial charge is 0.386 e. The minimum absolute atomic E-state index is 0.316. The van der Waals surface area contributed by atoms with Gasteiger partial charge < -0.3 is 14.6 Å². The molecule has 0 aliphatic rings. The first-order chi connectivity index (χ1) is 5.54. The molecule has 0 aromatic rings. The van der Waals surface area contributed by atoms with Crippen molar-refractivity contribution in [2.75, 3.05) is 14.2 Å². The highest BCUT2D eigenvalue weighted by Gasteiger charge is 2.29. The van der Waals surface area contributed by atoms with Crippen molar-refractivity contribution in [3.8, 4) is 0 Å². The van der Waals surface area contributed by atoms with Crippen molar-refractivity contribution in [3.05, 3.63) is 0 Å². The molecule has 4 nitrogen and oxygen atoms in total. The summed E-state index contributed by atoms with van der Waals surface area (Å²) in [5, 5.41) is 8.35. The third kappa shape index (κ3) is 3.06. The molecule has 0 saturated heterocycles. The number of alkyl halides is 1. The van der Waals surface area contributed by atoms with Gasteiger partial charge in [0.15, 0.2) is 6.29 Å². The van der Waals surface area contributed by atoms with Gasteiger partial charge in [0.25, 0.3) is 0 Å². The van der Waals surface area contributed by atoms with Crippen molar-refractivity contribution in [1.82, 2.24) is 0 Å². The maximum atomic E-state index is 10.7. The number of carbonyl (C=O) groups excluding carboxylic acids is 1. The molecule has 0 rings (SSSR count). The number of hydrogen-bond donors (Lipinski definition) is 1. The first-order valence-electron chi connectivity index (χ1n) is 3.42. The zero-order chi connectivity index (χ0) is 9.72. The summed E-state index contributed by atoms with van der Waals surface area (Å²) < 4.78 is 9.45. The van der Waals surface area contributed by atoms with Gasteiger partial charge in [-0.3, -0.25) is 4.79 Å². The lowest BCUT2D eigenvalue weighted by molar-refractivity contribution is -0.166. The Morgan fingerprint density at radius 1 is 1.42 bits per heavy atom. The quantitative estimate of drug-likeness (QED) is 0.503. The van der Waals surface area contributed by atoms with Crippen LogP contribution in [0.4, 0.5) is 0 Å². The van der Waals surface area contributed by atoms with Crippen LogP contribution >= 0.6 is 11.6 Å². The number of rotatable bonds is 5. The fourth-order valence-corrected chi connectivity index (χ4v) is 0.872. The van der Waals surface area contributed by atoms with Crippen molar-refractivity contribution < 1.29 is 19.4 Å². The van der Waals surface area contributed by atoms with Crippen LogP contribution in [0, 0.1) is 0 Å². The topological polar surface area (TPSA) is 55.8 Å². The number of aliphatic hydroxyl groups excluding tert-OH is 1. The molecule has 2 atom stereocenters. The van der Waals surface area contributed by atoms with Crippen LogP contribution in [0.5, 0.6) is 0 Å². The van der Waals surface area contributed by atoms with E-state index in [1.165, 1.54) is 21.1 Å². The predicted octanol–water partition coefficient (Wildman–Crippen LogP) is 0.163. The molecule has 0 spiro atoms. The first-order valence-corrected chi connectivity index (χ1v) is 3.86. The van der Waals surface area contributed by atoms with E-state index in [-0.39, 0.29) is 5.78 Å². The van der Waals surface area contributed by atoms with Crippen LogP contribution in [0.1, 0.15) is 6.92 Å². The van der Waals surface area contributed by atoms with Crippen molar-refractivity contribution in [1.29, 1.82) is 0 Å². The van der Waals surface area contributed by atoms with Gasteiger partial charge in [-0.15, -0.1) is 11.6 Å². The van der Waals surface area contributed by atoms with Crippen LogP contribution in [0.3, 0.4) is 0 Å². The lowest BCUT2D eigenvalue weighted by atomic mass is 10.2. The monoisotopic (exact) mass is 196 g/mol. The number of methoxy groups -OCH3 is 2. The molecule has 0 fully saturated rings. The maximum Gasteiger partial charge on any atom is 0.184 e. The van der Waals surface area contributed by atoms with Crippen molar-refractivity contribution in [2.45, 2.75) is 24.7 Å². The Balaban J connectivity index is 4.14. The van der Waals surface area contributed by atoms with E-state index in [9.17, 15) is 9.90 Å². The van der Waals surface area contributed by atoms with Gasteiger partial charge in [0.2, 0.25) is 0 Å². The Labute approximate surface area is 76.4 Å². The number of Topliss-reactive ketones (excluding diaryl/α,β-unsaturated/α-hetero) is 1. The molecule has 0 aromatic carbocycles. The zero-order valence-electron chi connectivity index (χ0n) is 7.28. The van der Waals surface area contributed by atoms with Gasteiger partial charge in [-0.1, -0.05) is 0 Å². The Hall–Kier alpha value is -0.160. The van der Waals surface area contributed by atoms with Crippen LogP contribution in [0.15, 0.2) is 0 Å². The van der Waals surface area contributed by atoms with E-state index in [1.54, 1.807) is 0 Å². The molecule has 0 unspecified atom stereocenters. The summed E-state index contributed by atoms with van der Waals surface area (Å²) in [4.78, 5) is 10.7. The van der Waals surface area contributed by atoms with E-state index in [1.807, 2.05) is 0 Å². The smallest absolute Gasteiger partial charge is 0.184 e. The van der Waals surface area contributed by atoms with Gasteiger partial charge in [0, 0.05) is 14.2 Å². The number of hydrogen-bond acceptors (Lipinski definition) is 4. The number of aliphatic hydroxyl groups is 1. The second-order valence-corrected chi connectivity index (χ2v) is 2.81. The molecule has 0 aromatic heterocycles. The SMILES string of the molecule is COC(OC)[C@H](O)[C@H](Cl)C(C)=O. The summed E-state index contributed by atoms with van der Waals surface area (Å²) in [6.45, 7) is 1.29. The van der Waals surface area contributed by atoms with Gasteiger partial charge in [-0.2, -0.15) is 0 Å². The Bertz CT molecular complexity index is 146. The molecule has 1 N–H and O–H groups in total. The summed E-state index contributed by atoms with van der Waals surface area (Å²) in [6, 6.07) is 0. The molecule has 0 saturated carbocycles. The van der Waals surface area contributed by atoms with E-state index in [4.69, 9.17) is 21.1 Å². The molecular formula is C7H13ClO4. The average Bonchev–Trinajstić information content (AvgIpc) is 2.05. The number of ether oxygens (including phenoxy) is 2. The maximum absolute atomic E-state index is 10.7. The van der Waals surface area contributed by atoms with Crippen molar-refractivity contribution >= 4 is 17.4 Å². The number of halogens is 1. The fourth-order valence-electron chi connectivity index (χ4n) is 0.754. The van der Waals surface area contributed by atoms with Crippen LogP contribution in [-0.2, 0) is 14.3 Å². The molecular weight excluding hydrogens is 184 g/mol. The van der Waals surface area contributed by atoms with Crippen LogP contribution in [0.2, 0.25) is 0 Å². The summed E-state index contributed by atoms with van der Waals surface area (Å²) in [5.74, 6) is -0.316. The third-order valence-corrected chi connectivity index (χ3v) is 2.00. The second-order valence-electron chi connectivity index (χ2n) is 2.34. The predicted molar refractivity (Wildman–Crippen MR) is 44.1 cm³/mol. The van der Waals surface area contributed by atoms with Crippen molar-refractivity contribution in [3.63, 3.8) is 0 Å². The summed E-state index contributed by atoms with van der Waals surface area (Å²) in [7, 11) is 2.72. The van der Waals surface area contributed by atoms with Gasteiger partial charge in [0.05, 0.1) is 0 Å². The minimum atomic E-state index is -1.14. The normalized spacial score (nSPS) is 16.2. The van der Waals surface area contributed by atoms with Crippen LogP contribution in [0.25, 0.3) is 0 Å². The van der Waals surface area contributed by atoms with Gasteiger partial charge in [-0.25, -0.2) is 0 Å². The number of ketones is 1. The minimum Gasteiger partial charge on any atom is -0.386 e. The molecule has 0 aliphatic heterocycles. The highest BCUT2D eigenvalue weighted by Crippen LogP contribution is 2.10. The molecule has 0 amide bonds. The Morgan fingerprint density at radius 2 is 1.83 bits per heavy atom. The van der Waals surface area contributed by atoms with Crippen LogP contribution < -0.4 is 0 Å². The highest BCUT2D eigenvalue weighted by molar-refractivity contribution is 6.31. The van der Waals surface area contributed by atoms with Gasteiger partial charge in [-0.05, 0) is 6.92 Å². The molecule has 12 heavy (non-hydrogen) atoms. The fraction of sp³-hybridized carbons (Fsp3) is 0.857.